The summed E-state index contributed by atoms with van der Waals surface area (Å²) in [6.07, 6.45) is 2.41. The van der Waals surface area contributed by atoms with Gasteiger partial charge < -0.3 is 10.2 Å². The molecule has 4 nitrogen and oxygen atoms in total. The first-order chi connectivity index (χ1) is 10.1. The van der Waals surface area contributed by atoms with Gasteiger partial charge in [-0.1, -0.05) is 12.1 Å². The van der Waals surface area contributed by atoms with Gasteiger partial charge in [0.05, 0.1) is 0 Å². The highest BCUT2D eigenvalue weighted by atomic mass is 32.1. The summed E-state index contributed by atoms with van der Waals surface area (Å²) in [6, 6.07) is 5.40. The Morgan fingerprint density at radius 3 is 2.86 bits per heavy atom. The van der Waals surface area contributed by atoms with E-state index in [-0.39, 0.29) is 5.82 Å². The molecule has 112 valence electrons. The van der Waals surface area contributed by atoms with Crippen LogP contribution in [0.3, 0.4) is 0 Å². The van der Waals surface area contributed by atoms with E-state index in [1.165, 1.54) is 24.4 Å². The third-order valence-electron chi connectivity index (χ3n) is 3.43. The molecule has 1 fully saturated rings. The van der Waals surface area contributed by atoms with Gasteiger partial charge in [-0.15, -0.1) is 0 Å². The molecule has 0 spiro atoms. The second-order valence-electron chi connectivity index (χ2n) is 5.75. The Morgan fingerprint density at radius 1 is 1.38 bits per heavy atom. The van der Waals surface area contributed by atoms with E-state index in [1.807, 2.05) is 31.1 Å². The van der Waals surface area contributed by atoms with E-state index in [4.69, 9.17) is 0 Å². The maximum Gasteiger partial charge on any atom is 0.202 e. The zero-order chi connectivity index (χ0) is 14.8. The van der Waals surface area contributed by atoms with E-state index in [2.05, 4.69) is 14.7 Å². The van der Waals surface area contributed by atoms with Crippen LogP contribution in [0.5, 0.6) is 0 Å². The number of halogens is 1. The monoisotopic (exact) mass is 306 g/mol. The molecular formula is C15H19FN4S. The van der Waals surface area contributed by atoms with E-state index in [9.17, 15) is 4.39 Å². The van der Waals surface area contributed by atoms with Crippen LogP contribution < -0.4 is 5.32 Å². The van der Waals surface area contributed by atoms with E-state index in [1.54, 1.807) is 6.07 Å². The smallest absolute Gasteiger partial charge is 0.202 e. The van der Waals surface area contributed by atoms with Crippen molar-refractivity contribution in [2.75, 3.05) is 19.4 Å². The lowest BCUT2D eigenvalue weighted by Gasteiger charge is -2.11. The second kappa shape index (κ2) is 6.07. The summed E-state index contributed by atoms with van der Waals surface area (Å²) in [5.41, 5.74) is 1.63. The molecule has 1 aliphatic rings. The molecule has 3 rings (SSSR count). The standard InChI is InChI=1S/C15H19FN4S/c1-20(2)9-12-4-3-10(7-13(12)16)8-17-15-18-14(19-21-15)11-5-6-11/h3-4,7,11H,5-6,8-9H2,1-2H3,(H,17,18,19). The van der Waals surface area contributed by atoms with Crippen LogP contribution in [0.1, 0.15) is 35.7 Å². The summed E-state index contributed by atoms with van der Waals surface area (Å²) in [5, 5.41) is 4.03. The van der Waals surface area contributed by atoms with Crippen molar-refractivity contribution in [2.24, 2.45) is 0 Å². The number of nitrogens with zero attached hydrogens (tertiary/aromatic N) is 3. The lowest BCUT2D eigenvalue weighted by atomic mass is 10.1. The van der Waals surface area contributed by atoms with Crippen molar-refractivity contribution in [3.8, 4) is 0 Å². The number of anilines is 1. The predicted molar refractivity (Wildman–Crippen MR) is 83.0 cm³/mol. The first-order valence-corrected chi connectivity index (χ1v) is 7.88. The van der Waals surface area contributed by atoms with Gasteiger partial charge >= 0.3 is 0 Å². The molecule has 0 amide bonds. The highest BCUT2D eigenvalue weighted by Crippen LogP contribution is 2.39. The number of nitrogens with one attached hydrogen (secondary N) is 1. The van der Waals surface area contributed by atoms with Crippen molar-refractivity contribution in [3.63, 3.8) is 0 Å². The zero-order valence-electron chi connectivity index (χ0n) is 12.3. The van der Waals surface area contributed by atoms with E-state index >= 15 is 0 Å². The minimum atomic E-state index is -0.154. The first-order valence-electron chi connectivity index (χ1n) is 7.11. The van der Waals surface area contributed by atoms with Crippen LogP contribution in [0.2, 0.25) is 0 Å². The van der Waals surface area contributed by atoms with Gasteiger partial charge in [0.15, 0.2) is 0 Å². The Balaban J connectivity index is 1.60. The molecular weight excluding hydrogens is 287 g/mol. The van der Waals surface area contributed by atoms with Gasteiger partial charge in [0.25, 0.3) is 0 Å². The van der Waals surface area contributed by atoms with E-state index in [0.29, 0.717) is 19.0 Å². The molecule has 21 heavy (non-hydrogen) atoms. The maximum absolute atomic E-state index is 14.0. The van der Waals surface area contributed by atoms with Crippen molar-refractivity contribution in [3.05, 3.63) is 41.0 Å². The van der Waals surface area contributed by atoms with Crippen LogP contribution in [0.15, 0.2) is 18.2 Å². The molecule has 1 heterocycles. The number of rotatable bonds is 6. The average molecular weight is 306 g/mol. The van der Waals surface area contributed by atoms with Crippen LogP contribution >= 0.6 is 11.5 Å². The Hall–Kier alpha value is -1.53. The minimum absolute atomic E-state index is 0.154. The molecule has 0 unspecified atom stereocenters. The largest absolute Gasteiger partial charge is 0.356 e. The summed E-state index contributed by atoms with van der Waals surface area (Å²) >= 11 is 1.38. The Kier molecular flexibility index (Phi) is 4.17. The molecule has 2 aromatic rings. The Morgan fingerprint density at radius 2 is 2.19 bits per heavy atom. The van der Waals surface area contributed by atoms with Crippen LogP contribution in [0.4, 0.5) is 9.52 Å². The van der Waals surface area contributed by atoms with Crippen molar-refractivity contribution in [1.82, 2.24) is 14.3 Å². The SMILES string of the molecule is CN(C)Cc1ccc(CNc2nc(C3CC3)ns2)cc1F. The predicted octanol–water partition coefficient (Wildman–Crippen LogP) is 3.23. The highest BCUT2D eigenvalue weighted by molar-refractivity contribution is 7.09. The van der Waals surface area contributed by atoms with E-state index < -0.39 is 0 Å². The van der Waals surface area contributed by atoms with Gasteiger partial charge in [-0.25, -0.2) is 9.37 Å². The topological polar surface area (TPSA) is 41.0 Å². The van der Waals surface area contributed by atoms with Crippen LogP contribution in [-0.2, 0) is 13.1 Å². The summed E-state index contributed by atoms with van der Waals surface area (Å²) in [6.45, 7) is 1.18. The molecule has 0 aliphatic heterocycles. The second-order valence-corrected chi connectivity index (χ2v) is 6.50. The molecule has 1 N–H and O–H groups in total. The molecule has 6 heteroatoms. The molecule has 1 aromatic heterocycles. The highest BCUT2D eigenvalue weighted by Gasteiger charge is 2.27. The van der Waals surface area contributed by atoms with Gasteiger partial charge in [-0.3, -0.25) is 0 Å². The van der Waals surface area contributed by atoms with Crippen molar-refractivity contribution < 1.29 is 4.39 Å². The summed E-state index contributed by atoms with van der Waals surface area (Å²) < 4.78 is 18.3. The van der Waals surface area contributed by atoms with E-state index in [0.717, 1.165) is 22.1 Å². The van der Waals surface area contributed by atoms with Gasteiger partial charge in [-0.05, 0) is 38.6 Å². The fourth-order valence-corrected chi connectivity index (χ4v) is 2.80. The summed E-state index contributed by atoms with van der Waals surface area (Å²) in [7, 11) is 3.86. The van der Waals surface area contributed by atoms with Gasteiger partial charge in [0.2, 0.25) is 5.13 Å². The Labute approximate surface area is 128 Å². The molecule has 1 aromatic carbocycles. The summed E-state index contributed by atoms with van der Waals surface area (Å²) in [5.74, 6) is 1.37. The zero-order valence-corrected chi connectivity index (χ0v) is 13.1. The lowest BCUT2D eigenvalue weighted by Crippen LogP contribution is -2.12. The minimum Gasteiger partial charge on any atom is -0.356 e. The number of benzene rings is 1. The molecule has 0 saturated heterocycles. The molecule has 1 saturated carbocycles. The van der Waals surface area contributed by atoms with Crippen LogP contribution in [-0.4, -0.2) is 28.4 Å². The van der Waals surface area contributed by atoms with Gasteiger partial charge in [-0.2, -0.15) is 4.37 Å². The lowest BCUT2D eigenvalue weighted by molar-refractivity contribution is 0.392. The van der Waals surface area contributed by atoms with Crippen LogP contribution in [0, 0.1) is 5.82 Å². The van der Waals surface area contributed by atoms with Gasteiger partial charge in [0, 0.05) is 36.1 Å². The number of aromatic nitrogens is 2. The summed E-state index contributed by atoms with van der Waals surface area (Å²) in [4.78, 5) is 6.42. The maximum atomic E-state index is 14.0. The molecule has 0 radical (unpaired) electrons. The third-order valence-corrected chi connectivity index (χ3v) is 4.12. The normalized spacial score (nSPS) is 14.7. The molecule has 1 aliphatic carbocycles. The first kappa shape index (κ1) is 14.4. The molecule has 0 atom stereocenters. The fourth-order valence-electron chi connectivity index (χ4n) is 2.16. The van der Waals surface area contributed by atoms with Crippen molar-refractivity contribution in [2.45, 2.75) is 31.8 Å². The average Bonchev–Trinajstić information content (AvgIpc) is 3.18. The number of hydrogen-bond donors (Lipinski definition) is 1. The van der Waals surface area contributed by atoms with Crippen molar-refractivity contribution in [1.29, 1.82) is 0 Å². The number of hydrogen-bond acceptors (Lipinski definition) is 5. The Bertz CT molecular complexity index is 622. The molecule has 0 bridgehead atoms. The van der Waals surface area contributed by atoms with Crippen molar-refractivity contribution >= 4 is 16.7 Å². The fraction of sp³-hybridized carbons (Fsp3) is 0.467. The van der Waals surface area contributed by atoms with Crippen LogP contribution in [0.25, 0.3) is 0 Å². The third kappa shape index (κ3) is 3.77. The quantitative estimate of drug-likeness (QED) is 0.889. The van der Waals surface area contributed by atoms with Gasteiger partial charge in [0.1, 0.15) is 11.6 Å².